The molecule has 2 heterocycles. The minimum absolute atomic E-state index is 0.0248. The number of rotatable bonds is 5. The maximum Gasteiger partial charge on any atom is 0.264 e. The van der Waals surface area contributed by atoms with Crippen LogP contribution in [0.25, 0.3) is 15.9 Å². The Balaban J connectivity index is 2.06. The SMILES string of the molecule is C=C(C)CN(CC)C(=O)c1cc2c(C)nn(-c3ccccc3Cl)c2s1. The predicted molar refractivity (Wildman–Crippen MR) is 105 cm³/mol. The van der Waals surface area contributed by atoms with Gasteiger partial charge in [0.15, 0.2) is 0 Å². The van der Waals surface area contributed by atoms with E-state index < -0.39 is 0 Å². The second-order valence-electron chi connectivity index (χ2n) is 6.05. The summed E-state index contributed by atoms with van der Waals surface area (Å²) in [4.78, 5) is 16.3. The number of halogens is 1. The highest BCUT2D eigenvalue weighted by Gasteiger charge is 2.21. The summed E-state index contributed by atoms with van der Waals surface area (Å²) in [5.74, 6) is 0.0248. The Kier molecular flexibility index (Phi) is 4.97. The summed E-state index contributed by atoms with van der Waals surface area (Å²) in [5, 5.41) is 6.21. The van der Waals surface area contributed by atoms with E-state index in [1.54, 1.807) is 4.90 Å². The lowest BCUT2D eigenvalue weighted by Crippen LogP contribution is -2.31. The van der Waals surface area contributed by atoms with E-state index in [-0.39, 0.29) is 5.91 Å². The van der Waals surface area contributed by atoms with Crippen LogP contribution in [0, 0.1) is 6.92 Å². The highest BCUT2D eigenvalue weighted by molar-refractivity contribution is 7.20. The normalized spacial score (nSPS) is 11.0. The van der Waals surface area contributed by atoms with Crippen molar-refractivity contribution in [3.8, 4) is 5.69 Å². The summed E-state index contributed by atoms with van der Waals surface area (Å²) in [5.41, 5.74) is 2.67. The quantitative estimate of drug-likeness (QED) is 0.584. The number of hydrogen-bond donors (Lipinski definition) is 0. The summed E-state index contributed by atoms with van der Waals surface area (Å²) in [7, 11) is 0. The van der Waals surface area contributed by atoms with Crippen molar-refractivity contribution in [3.05, 3.63) is 58.1 Å². The number of nitrogens with zero attached hydrogens (tertiary/aromatic N) is 3. The molecule has 6 heteroatoms. The molecule has 0 unspecified atom stereocenters. The molecule has 0 saturated carbocycles. The minimum atomic E-state index is 0.0248. The topological polar surface area (TPSA) is 38.1 Å². The van der Waals surface area contributed by atoms with E-state index in [0.717, 1.165) is 27.2 Å². The molecule has 0 spiro atoms. The number of hydrogen-bond acceptors (Lipinski definition) is 3. The zero-order chi connectivity index (χ0) is 18.1. The lowest BCUT2D eigenvalue weighted by Gasteiger charge is -2.20. The highest BCUT2D eigenvalue weighted by atomic mass is 35.5. The fourth-order valence-corrected chi connectivity index (χ4v) is 4.11. The highest BCUT2D eigenvalue weighted by Crippen LogP contribution is 2.33. The summed E-state index contributed by atoms with van der Waals surface area (Å²) in [6, 6.07) is 9.51. The fraction of sp³-hybridized carbons (Fsp3) is 0.263. The van der Waals surface area contributed by atoms with Crippen LogP contribution >= 0.6 is 22.9 Å². The first-order valence-corrected chi connectivity index (χ1v) is 9.29. The number of para-hydroxylation sites is 1. The lowest BCUT2D eigenvalue weighted by atomic mass is 10.2. The van der Waals surface area contributed by atoms with Gasteiger partial charge in [-0.15, -0.1) is 11.3 Å². The Hall–Kier alpha value is -2.11. The maximum absolute atomic E-state index is 12.8. The number of likely N-dealkylation sites (N-methyl/N-ethyl adjacent to an activating group) is 1. The number of carbonyl (C=O) groups excluding carboxylic acids is 1. The molecule has 1 amide bonds. The van der Waals surface area contributed by atoms with E-state index in [1.807, 2.05) is 55.8 Å². The number of aromatic nitrogens is 2. The molecule has 0 aliphatic carbocycles. The first-order chi connectivity index (χ1) is 11.9. The fourth-order valence-electron chi connectivity index (χ4n) is 2.75. The molecule has 0 fully saturated rings. The van der Waals surface area contributed by atoms with Crippen molar-refractivity contribution in [3.63, 3.8) is 0 Å². The predicted octanol–water partition coefficient (Wildman–Crippen LogP) is 5.09. The van der Waals surface area contributed by atoms with Crippen LogP contribution in [-0.4, -0.2) is 33.7 Å². The molecule has 4 nitrogen and oxygen atoms in total. The van der Waals surface area contributed by atoms with Crippen molar-refractivity contribution >= 4 is 39.1 Å². The van der Waals surface area contributed by atoms with Crippen LogP contribution in [0.1, 0.15) is 29.2 Å². The van der Waals surface area contributed by atoms with E-state index >= 15 is 0 Å². The molecule has 0 bridgehead atoms. The van der Waals surface area contributed by atoms with Gasteiger partial charge in [0.25, 0.3) is 5.91 Å². The van der Waals surface area contributed by atoms with E-state index in [1.165, 1.54) is 11.3 Å². The molecule has 0 atom stereocenters. The summed E-state index contributed by atoms with van der Waals surface area (Å²) in [6.45, 7) is 11.0. The van der Waals surface area contributed by atoms with Crippen LogP contribution in [0.3, 0.4) is 0 Å². The van der Waals surface area contributed by atoms with Gasteiger partial charge in [-0.3, -0.25) is 4.79 Å². The summed E-state index contributed by atoms with van der Waals surface area (Å²) < 4.78 is 1.82. The Morgan fingerprint density at radius 1 is 1.40 bits per heavy atom. The van der Waals surface area contributed by atoms with Crippen molar-refractivity contribution in [1.29, 1.82) is 0 Å². The van der Waals surface area contributed by atoms with Crippen molar-refractivity contribution in [2.45, 2.75) is 20.8 Å². The van der Waals surface area contributed by atoms with Gasteiger partial charge < -0.3 is 4.90 Å². The standard InChI is InChI=1S/C19H20ClN3OS/c1-5-22(11-12(2)3)18(24)17-10-14-13(4)21-23(19(14)25-17)16-9-7-6-8-15(16)20/h6-10H,2,5,11H2,1,3-4H3. The number of aryl methyl sites for hydroxylation is 1. The van der Waals surface area contributed by atoms with Crippen molar-refractivity contribution in [2.24, 2.45) is 0 Å². The Morgan fingerprint density at radius 3 is 2.76 bits per heavy atom. The number of thiophene rings is 1. The number of fused-ring (bicyclic) bond motifs is 1. The Labute approximate surface area is 156 Å². The Bertz CT molecular complexity index is 957. The van der Waals surface area contributed by atoms with Gasteiger partial charge in [0, 0.05) is 18.5 Å². The molecule has 0 N–H and O–H groups in total. The van der Waals surface area contributed by atoms with Crippen LogP contribution in [-0.2, 0) is 0 Å². The lowest BCUT2D eigenvalue weighted by molar-refractivity contribution is 0.0783. The molecule has 130 valence electrons. The zero-order valence-corrected chi connectivity index (χ0v) is 16.1. The van der Waals surface area contributed by atoms with Crippen LogP contribution in [0.5, 0.6) is 0 Å². The smallest absolute Gasteiger partial charge is 0.264 e. The largest absolute Gasteiger partial charge is 0.334 e. The molecule has 0 radical (unpaired) electrons. The van der Waals surface area contributed by atoms with Gasteiger partial charge in [-0.2, -0.15) is 5.10 Å². The van der Waals surface area contributed by atoms with Gasteiger partial charge in [0.1, 0.15) is 4.83 Å². The first kappa shape index (κ1) is 17.7. The van der Waals surface area contributed by atoms with Gasteiger partial charge in [-0.05, 0) is 39.0 Å². The molecule has 3 aromatic rings. The number of benzene rings is 1. The number of carbonyl (C=O) groups is 1. The monoisotopic (exact) mass is 373 g/mol. The second-order valence-corrected chi connectivity index (χ2v) is 7.49. The molecule has 3 rings (SSSR count). The van der Waals surface area contributed by atoms with Gasteiger partial charge in [0.05, 0.1) is 21.3 Å². The third-order valence-electron chi connectivity index (χ3n) is 3.97. The Morgan fingerprint density at radius 2 is 2.12 bits per heavy atom. The van der Waals surface area contributed by atoms with Crippen LogP contribution < -0.4 is 0 Å². The molecular weight excluding hydrogens is 354 g/mol. The van der Waals surface area contributed by atoms with E-state index in [0.29, 0.717) is 23.0 Å². The van der Waals surface area contributed by atoms with Gasteiger partial charge in [0.2, 0.25) is 0 Å². The van der Waals surface area contributed by atoms with Gasteiger partial charge in [-0.1, -0.05) is 35.9 Å². The van der Waals surface area contributed by atoms with Crippen LogP contribution in [0.4, 0.5) is 0 Å². The molecule has 0 saturated heterocycles. The van der Waals surface area contributed by atoms with Crippen molar-refractivity contribution < 1.29 is 4.79 Å². The summed E-state index contributed by atoms with van der Waals surface area (Å²) >= 11 is 7.77. The molecule has 0 aliphatic rings. The van der Waals surface area contributed by atoms with Crippen molar-refractivity contribution in [2.75, 3.05) is 13.1 Å². The number of amides is 1. The molecular formula is C19H20ClN3OS. The third kappa shape index (κ3) is 3.34. The average Bonchev–Trinajstić information content (AvgIpc) is 3.13. The van der Waals surface area contributed by atoms with E-state index in [4.69, 9.17) is 11.6 Å². The van der Waals surface area contributed by atoms with Crippen LogP contribution in [0.15, 0.2) is 42.5 Å². The molecule has 2 aromatic heterocycles. The van der Waals surface area contributed by atoms with Crippen molar-refractivity contribution in [1.82, 2.24) is 14.7 Å². The second kappa shape index (κ2) is 7.02. The van der Waals surface area contributed by atoms with E-state index in [9.17, 15) is 4.79 Å². The third-order valence-corrected chi connectivity index (χ3v) is 5.38. The van der Waals surface area contributed by atoms with Gasteiger partial charge in [-0.25, -0.2) is 4.68 Å². The van der Waals surface area contributed by atoms with Crippen LogP contribution in [0.2, 0.25) is 5.02 Å². The molecule has 25 heavy (non-hydrogen) atoms. The van der Waals surface area contributed by atoms with E-state index in [2.05, 4.69) is 11.7 Å². The summed E-state index contributed by atoms with van der Waals surface area (Å²) in [6.07, 6.45) is 0. The van der Waals surface area contributed by atoms with Gasteiger partial charge >= 0.3 is 0 Å². The maximum atomic E-state index is 12.8. The minimum Gasteiger partial charge on any atom is -0.334 e. The average molecular weight is 374 g/mol. The molecule has 0 aliphatic heterocycles. The molecule has 1 aromatic carbocycles. The zero-order valence-electron chi connectivity index (χ0n) is 14.5. The first-order valence-electron chi connectivity index (χ1n) is 8.10.